The summed E-state index contributed by atoms with van der Waals surface area (Å²) < 4.78 is 12.5. The van der Waals surface area contributed by atoms with Crippen LogP contribution >= 0.6 is 0 Å². The third-order valence-corrected chi connectivity index (χ3v) is 3.63. The van der Waals surface area contributed by atoms with Crippen molar-refractivity contribution in [3.63, 3.8) is 0 Å². The molecule has 0 saturated carbocycles. The standard InChI is InChI=1S/C16H29BN3O4/c1-14(2,3)23-13(21)18-8-9-20-11-12(10-19-20)17-24-16(6,7)15(4,5)22/h10-11,22H,8-9H2,1-7H3,(H,18,21). The molecule has 1 amide bonds. The molecule has 1 radical (unpaired) electrons. The molecule has 1 aromatic rings. The Morgan fingerprint density at radius 2 is 1.92 bits per heavy atom. The minimum absolute atomic E-state index is 0.409. The molecule has 2 N–H and O–H groups in total. The maximum Gasteiger partial charge on any atom is 0.407 e. The number of hydrogen-bond acceptors (Lipinski definition) is 5. The van der Waals surface area contributed by atoms with Crippen LogP contribution in [0.2, 0.25) is 0 Å². The van der Waals surface area contributed by atoms with Gasteiger partial charge in [-0.2, -0.15) is 5.10 Å². The van der Waals surface area contributed by atoms with Crippen molar-refractivity contribution in [1.82, 2.24) is 15.1 Å². The summed E-state index contributed by atoms with van der Waals surface area (Å²) in [5.74, 6) is 0. The van der Waals surface area contributed by atoms with Crippen LogP contribution in [0.4, 0.5) is 4.79 Å². The van der Waals surface area contributed by atoms with Gasteiger partial charge in [-0.1, -0.05) is 0 Å². The Labute approximate surface area is 145 Å². The number of nitrogens with zero attached hydrogens (tertiary/aromatic N) is 2. The quantitative estimate of drug-likeness (QED) is 0.730. The van der Waals surface area contributed by atoms with Gasteiger partial charge in [0.25, 0.3) is 0 Å². The van der Waals surface area contributed by atoms with E-state index in [9.17, 15) is 9.90 Å². The number of carbonyl (C=O) groups is 1. The molecule has 0 unspecified atom stereocenters. The van der Waals surface area contributed by atoms with E-state index in [1.807, 2.05) is 34.6 Å². The zero-order chi connectivity index (χ0) is 18.6. The number of aliphatic hydroxyl groups is 1. The number of amides is 1. The van der Waals surface area contributed by atoms with Gasteiger partial charge in [0.1, 0.15) is 5.60 Å². The molecular formula is C16H29BN3O4. The molecule has 1 rings (SSSR count). The third kappa shape index (κ3) is 6.92. The smallest absolute Gasteiger partial charge is 0.407 e. The van der Waals surface area contributed by atoms with E-state index in [2.05, 4.69) is 10.4 Å². The van der Waals surface area contributed by atoms with Gasteiger partial charge >= 0.3 is 13.6 Å². The van der Waals surface area contributed by atoms with E-state index >= 15 is 0 Å². The lowest BCUT2D eigenvalue weighted by atomic mass is 9.84. The molecule has 8 heteroatoms. The minimum Gasteiger partial charge on any atom is -0.444 e. The second-order valence-corrected chi connectivity index (χ2v) is 7.77. The zero-order valence-electron chi connectivity index (χ0n) is 15.7. The normalized spacial score (nSPS) is 12.8. The Morgan fingerprint density at radius 1 is 1.29 bits per heavy atom. The van der Waals surface area contributed by atoms with Gasteiger partial charge in [-0.25, -0.2) is 4.79 Å². The summed E-state index contributed by atoms with van der Waals surface area (Å²) in [6.45, 7) is 13.4. The van der Waals surface area contributed by atoms with Crippen molar-refractivity contribution in [2.24, 2.45) is 0 Å². The van der Waals surface area contributed by atoms with Crippen molar-refractivity contribution in [3.8, 4) is 0 Å². The number of aromatic nitrogens is 2. The summed E-state index contributed by atoms with van der Waals surface area (Å²) in [6, 6.07) is 0. The van der Waals surface area contributed by atoms with Crippen molar-refractivity contribution < 1.29 is 19.3 Å². The zero-order valence-corrected chi connectivity index (χ0v) is 15.7. The summed E-state index contributed by atoms with van der Waals surface area (Å²) in [5, 5.41) is 16.9. The van der Waals surface area contributed by atoms with Crippen LogP contribution in [0, 0.1) is 0 Å². The van der Waals surface area contributed by atoms with E-state index < -0.39 is 22.9 Å². The molecule has 1 aromatic heterocycles. The second-order valence-electron chi connectivity index (χ2n) is 7.77. The largest absolute Gasteiger partial charge is 0.444 e. The van der Waals surface area contributed by atoms with Crippen LogP contribution in [0.3, 0.4) is 0 Å². The van der Waals surface area contributed by atoms with Gasteiger partial charge in [0.2, 0.25) is 0 Å². The Morgan fingerprint density at radius 3 is 2.46 bits per heavy atom. The Kier molecular flexibility index (Phi) is 6.47. The Hall–Kier alpha value is -1.54. The van der Waals surface area contributed by atoms with Crippen LogP contribution in [0.15, 0.2) is 12.4 Å². The predicted molar refractivity (Wildman–Crippen MR) is 93.3 cm³/mol. The predicted octanol–water partition coefficient (Wildman–Crippen LogP) is 1.22. The minimum atomic E-state index is -0.975. The Balaban J connectivity index is 2.40. The molecule has 0 atom stereocenters. The van der Waals surface area contributed by atoms with E-state index in [0.29, 0.717) is 13.1 Å². The van der Waals surface area contributed by atoms with E-state index in [0.717, 1.165) is 5.46 Å². The molecule has 7 nitrogen and oxygen atoms in total. The van der Waals surface area contributed by atoms with Gasteiger partial charge in [-0.15, -0.1) is 0 Å². The first-order valence-electron chi connectivity index (χ1n) is 8.03. The number of hydrogen-bond donors (Lipinski definition) is 2. The van der Waals surface area contributed by atoms with Crippen LogP contribution in [-0.2, 0) is 15.9 Å². The first-order chi connectivity index (χ1) is 10.8. The fourth-order valence-corrected chi connectivity index (χ4v) is 1.51. The fourth-order valence-electron chi connectivity index (χ4n) is 1.51. The molecule has 24 heavy (non-hydrogen) atoms. The number of carbonyl (C=O) groups excluding carboxylic acids is 1. The van der Waals surface area contributed by atoms with Gasteiger partial charge in [0, 0.05) is 18.9 Å². The lowest BCUT2D eigenvalue weighted by Gasteiger charge is -2.37. The molecule has 0 bridgehead atoms. The Bertz CT molecular complexity index is 544. The molecule has 0 aliphatic carbocycles. The second kappa shape index (κ2) is 7.57. The van der Waals surface area contributed by atoms with Crippen LogP contribution < -0.4 is 10.8 Å². The summed E-state index contributed by atoms with van der Waals surface area (Å²) in [5.41, 5.74) is -1.43. The van der Waals surface area contributed by atoms with Gasteiger partial charge in [0.05, 0.1) is 17.7 Å². The topological polar surface area (TPSA) is 85.6 Å². The van der Waals surface area contributed by atoms with Crippen molar-refractivity contribution >= 4 is 19.0 Å². The van der Waals surface area contributed by atoms with E-state index in [-0.39, 0.29) is 0 Å². The van der Waals surface area contributed by atoms with Gasteiger partial charge in [0.15, 0.2) is 0 Å². The molecule has 135 valence electrons. The van der Waals surface area contributed by atoms with Crippen LogP contribution in [-0.4, -0.2) is 51.8 Å². The number of nitrogens with one attached hydrogen (secondary N) is 1. The first-order valence-corrected chi connectivity index (χ1v) is 8.03. The van der Waals surface area contributed by atoms with Gasteiger partial charge in [-0.05, 0) is 53.9 Å². The van der Waals surface area contributed by atoms with Gasteiger partial charge < -0.3 is 19.8 Å². The number of alkyl carbamates (subject to hydrolysis) is 1. The summed E-state index contributed by atoms with van der Waals surface area (Å²) in [6.07, 6.45) is 3.02. The highest BCUT2D eigenvalue weighted by Gasteiger charge is 2.35. The van der Waals surface area contributed by atoms with Crippen molar-refractivity contribution in [2.75, 3.05) is 6.54 Å². The van der Waals surface area contributed by atoms with Crippen molar-refractivity contribution in [1.29, 1.82) is 0 Å². The number of ether oxygens (including phenoxy) is 1. The highest BCUT2D eigenvalue weighted by Crippen LogP contribution is 2.24. The molecule has 0 saturated heterocycles. The molecule has 0 aromatic carbocycles. The maximum atomic E-state index is 11.5. The summed E-state index contributed by atoms with van der Waals surface area (Å²) >= 11 is 0. The third-order valence-electron chi connectivity index (χ3n) is 3.63. The average Bonchev–Trinajstić information content (AvgIpc) is 2.81. The molecule has 0 spiro atoms. The highest BCUT2D eigenvalue weighted by molar-refractivity contribution is 6.46. The van der Waals surface area contributed by atoms with E-state index in [4.69, 9.17) is 9.39 Å². The van der Waals surface area contributed by atoms with Crippen molar-refractivity contribution in [2.45, 2.75) is 71.8 Å². The van der Waals surface area contributed by atoms with E-state index in [1.165, 1.54) is 0 Å². The lowest BCUT2D eigenvalue weighted by molar-refractivity contribution is -0.0893. The molecule has 0 aliphatic rings. The fraction of sp³-hybridized carbons (Fsp3) is 0.750. The van der Waals surface area contributed by atoms with Gasteiger partial charge in [-0.3, -0.25) is 4.68 Å². The molecular weight excluding hydrogens is 309 g/mol. The molecule has 0 fully saturated rings. The van der Waals surface area contributed by atoms with Crippen LogP contribution in [0.1, 0.15) is 48.5 Å². The SMILES string of the molecule is CC(C)(C)OC(=O)NCCn1cc([B]OC(C)(C)C(C)(C)O)cn1. The molecule has 1 heterocycles. The molecule has 0 aliphatic heterocycles. The first kappa shape index (κ1) is 20.5. The summed E-state index contributed by atoms with van der Waals surface area (Å²) in [7, 11) is 1.57. The highest BCUT2D eigenvalue weighted by atomic mass is 16.6. The van der Waals surface area contributed by atoms with Crippen LogP contribution in [0.25, 0.3) is 0 Å². The summed E-state index contributed by atoms with van der Waals surface area (Å²) in [4.78, 5) is 11.5. The van der Waals surface area contributed by atoms with E-state index in [1.54, 1.807) is 38.4 Å². The van der Waals surface area contributed by atoms with Crippen molar-refractivity contribution in [3.05, 3.63) is 12.4 Å². The maximum absolute atomic E-state index is 11.5. The average molecular weight is 338 g/mol. The lowest BCUT2D eigenvalue weighted by Crippen LogP contribution is -2.49. The van der Waals surface area contributed by atoms with Crippen LogP contribution in [0.5, 0.6) is 0 Å². The number of rotatable bonds is 7. The monoisotopic (exact) mass is 338 g/mol.